The molecule has 0 aliphatic heterocycles. The van der Waals surface area contributed by atoms with E-state index < -0.39 is 5.97 Å². The van der Waals surface area contributed by atoms with Crippen LogP contribution in [0.3, 0.4) is 0 Å². The van der Waals surface area contributed by atoms with Gasteiger partial charge in [0, 0.05) is 6.42 Å². The molecule has 0 saturated heterocycles. The van der Waals surface area contributed by atoms with E-state index in [9.17, 15) is 4.79 Å². The molecule has 0 aliphatic carbocycles. The van der Waals surface area contributed by atoms with Crippen LogP contribution in [-0.2, 0) is 12.8 Å². The zero-order valence-corrected chi connectivity index (χ0v) is 10.7. The summed E-state index contributed by atoms with van der Waals surface area (Å²) in [6.45, 7) is 0. The van der Waals surface area contributed by atoms with Gasteiger partial charge in [0.05, 0.1) is 5.56 Å². The van der Waals surface area contributed by atoms with E-state index in [4.69, 9.17) is 9.52 Å². The number of aryl methyl sites for hydroxylation is 2. The molecular formula is C16H13NO3. The van der Waals surface area contributed by atoms with Gasteiger partial charge in [-0.05, 0) is 24.1 Å². The number of aromatic nitrogens is 1. The molecule has 0 fully saturated rings. The molecule has 0 amide bonds. The fraction of sp³-hybridized carbons (Fsp3) is 0.125. The lowest BCUT2D eigenvalue weighted by molar-refractivity contribution is 0.0699. The molecule has 0 bridgehead atoms. The largest absolute Gasteiger partial charge is 0.478 e. The second-order valence-electron chi connectivity index (χ2n) is 4.55. The summed E-state index contributed by atoms with van der Waals surface area (Å²) in [6.07, 6.45) is 1.47. The Morgan fingerprint density at radius 3 is 2.60 bits per heavy atom. The van der Waals surface area contributed by atoms with Crippen LogP contribution in [-0.4, -0.2) is 16.1 Å². The standard InChI is InChI=1S/C16H13NO3/c18-16(19)12-7-4-8-13-15(12)17-14(20-13)10-9-11-5-2-1-3-6-11/h1-8H,9-10H2,(H,18,19). The Morgan fingerprint density at radius 1 is 1.05 bits per heavy atom. The first-order valence-electron chi connectivity index (χ1n) is 6.40. The first-order chi connectivity index (χ1) is 9.74. The van der Waals surface area contributed by atoms with E-state index in [2.05, 4.69) is 4.98 Å². The number of carboxylic acids is 1. The van der Waals surface area contributed by atoms with E-state index in [-0.39, 0.29) is 5.56 Å². The van der Waals surface area contributed by atoms with Crippen LogP contribution in [0.2, 0.25) is 0 Å². The maximum Gasteiger partial charge on any atom is 0.338 e. The van der Waals surface area contributed by atoms with Crippen molar-refractivity contribution in [1.29, 1.82) is 0 Å². The number of hydrogen-bond acceptors (Lipinski definition) is 3. The summed E-state index contributed by atoms with van der Waals surface area (Å²) < 4.78 is 5.61. The molecule has 3 aromatic rings. The SMILES string of the molecule is O=C(O)c1cccc2oc(CCc3ccccc3)nc12. The number of fused-ring (bicyclic) bond motifs is 1. The third kappa shape index (κ3) is 2.40. The zero-order chi connectivity index (χ0) is 13.9. The van der Waals surface area contributed by atoms with Crippen LogP contribution >= 0.6 is 0 Å². The second kappa shape index (κ2) is 5.17. The molecule has 1 aromatic heterocycles. The smallest absolute Gasteiger partial charge is 0.338 e. The second-order valence-corrected chi connectivity index (χ2v) is 4.55. The summed E-state index contributed by atoms with van der Waals surface area (Å²) in [6, 6.07) is 15.0. The summed E-state index contributed by atoms with van der Waals surface area (Å²) >= 11 is 0. The number of hydrogen-bond donors (Lipinski definition) is 1. The van der Waals surface area contributed by atoms with Gasteiger partial charge in [0.25, 0.3) is 0 Å². The molecule has 20 heavy (non-hydrogen) atoms. The fourth-order valence-corrected chi connectivity index (χ4v) is 2.17. The Morgan fingerprint density at radius 2 is 1.85 bits per heavy atom. The molecule has 4 heteroatoms. The van der Waals surface area contributed by atoms with Crippen LogP contribution in [0.1, 0.15) is 21.8 Å². The summed E-state index contributed by atoms with van der Waals surface area (Å²) in [7, 11) is 0. The quantitative estimate of drug-likeness (QED) is 0.787. The number of aromatic carboxylic acids is 1. The summed E-state index contributed by atoms with van der Waals surface area (Å²) in [4.78, 5) is 15.4. The highest BCUT2D eigenvalue weighted by atomic mass is 16.4. The van der Waals surface area contributed by atoms with Crippen molar-refractivity contribution in [2.24, 2.45) is 0 Å². The molecule has 0 radical (unpaired) electrons. The van der Waals surface area contributed by atoms with Crippen LogP contribution in [0, 0.1) is 0 Å². The van der Waals surface area contributed by atoms with Gasteiger partial charge in [-0.1, -0.05) is 36.4 Å². The molecule has 1 N–H and O–H groups in total. The van der Waals surface area contributed by atoms with Crippen molar-refractivity contribution in [3.8, 4) is 0 Å². The lowest BCUT2D eigenvalue weighted by atomic mass is 10.1. The highest BCUT2D eigenvalue weighted by Crippen LogP contribution is 2.20. The number of rotatable bonds is 4. The fourth-order valence-electron chi connectivity index (χ4n) is 2.17. The lowest BCUT2D eigenvalue weighted by Crippen LogP contribution is -1.97. The van der Waals surface area contributed by atoms with Crippen molar-refractivity contribution in [1.82, 2.24) is 4.98 Å². The van der Waals surface area contributed by atoms with Crippen molar-refractivity contribution < 1.29 is 14.3 Å². The molecule has 1 heterocycles. The normalized spacial score (nSPS) is 10.8. The number of para-hydroxylation sites is 1. The van der Waals surface area contributed by atoms with Gasteiger partial charge in [-0.2, -0.15) is 0 Å². The Labute approximate surface area is 115 Å². The topological polar surface area (TPSA) is 63.3 Å². The predicted octanol–water partition coefficient (Wildman–Crippen LogP) is 3.31. The van der Waals surface area contributed by atoms with E-state index in [0.29, 0.717) is 23.4 Å². The number of carbonyl (C=O) groups is 1. The molecule has 0 aliphatic rings. The van der Waals surface area contributed by atoms with Gasteiger partial charge in [0.2, 0.25) is 0 Å². The molecule has 100 valence electrons. The average molecular weight is 267 g/mol. The van der Waals surface area contributed by atoms with Crippen LogP contribution in [0.25, 0.3) is 11.1 Å². The Hall–Kier alpha value is -2.62. The van der Waals surface area contributed by atoms with Crippen LogP contribution in [0.4, 0.5) is 0 Å². The van der Waals surface area contributed by atoms with E-state index in [1.165, 1.54) is 11.6 Å². The van der Waals surface area contributed by atoms with Crippen molar-refractivity contribution >= 4 is 17.1 Å². The number of carboxylic acid groups (broad SMARTS) is 1. The summed E-state index contributed by atoms with van der Waals surface area (Å²) in [5, 5.41) is 9.12. The number of oxazole rings is 1. The van der Waals surface area contributed by atoms with Crippen LogP contribution in [0.15, 0.2) is 52.9 Å². The Kier molecular flexibility index (Phi) is 3.21. The molecular weight excluding hydrogens is 254 g/mol. The molecule has 0 saturated carbocycles. The zero-order valence-electron chi connectivity index (χ0n) is 10.7. The van der Waals surface area contributed by atoms with Crippen molar-refractivity contribution in [2.45, 2.75) is 12.8 Å². The van der Waals surface area contributed by atoms with Crippen molar-refractivity contribution in [2.75, 3.05) is 0 Å². The van der Waals surface area contributed by atoms with Gasteiger partial charge in [-0.3, -0.25) is 0 Å². The first-order valence-corrected chi connectivity index (χ1v) is 6.40. The summed E-state index contributed by atoms with van der Waals surface area (Å²) in [5.74, 6) is -0.420. The van der Waals surface area contributed by atoms with Gasteiger partial charge in [-0.15, -0.1) is 0 Å². The molecule has 4 nitrogen and oxygen atoms in total. The Balaban J connectivity index is 1.86. The Bertz CT molecular complexity index is 747. The molecule has 0 atom stereocenters. The summed E-state index contributed by atoms with van der Waals surface area (Å²) in [5.41, 5.74) is 2.32. The van der Waals surface area contributed by atoms with E-state index >= 15 is 0 Å². The minimum absolute atomic E-state index is 0.178. The number of nitrogens with zero attached hydrogens (tertiary/aromatic N) is 1. The average Bonchev–Trinajstić information content (AvgIpc) is 2.88. The maximum atomic E-state index is 11.1. The number of benzene rings is 2. The van der Waals surface area contributed by atoms with Gasteiger partial charge < -0.3 is 9.52 Å². The third-order valence-corrected chi connectivity index (χ3v) is 3.16. The predicted molar refractivity (Wildman–Crippen MR) is 74.8 cm³/mol. The highest BCUT2D eigenvalue weighted by Gasteiger charge is 2.14. The van der Waals surface area contributed by atoms with E-state index in [0.717, 1.165) is 6.42 Å². The van der Waals surface area contributed by atoms with Gasteiger partial charge in [0.15, 0.2) is 11.5 Å². The van der Waals surface area contributed by atoms with Gasteiger partial charge in [0.1, 0.15) is 5.52 Å². The van der Waals surface area contributed by atoms with Crippen molar-refractivity contribution in [3.63, 3.8) is 0 Å². The molecule has 0 spiro atoms. The molecule has 3 rings (SSSR count). The van der Waals surface area contributed by atoms with Gasteiger partial charge in [-0.25, -0.2) is 9.78 Å². The van der Waals surface area contributed by atoms with Crippen LogP contribution < -0.4 is 0 Å². The first kappa shape index (κ1) is 12.4. The molecule has 2 aromatic carbocycles. The van der Waals surface area contributed by atoms with Gasteiger partial charge >= 0.3 is 5.97 Å². The third-order valence-electron chi connectivity index (χ3n) is 3.16. The van der Waals surface area contributed by atoms with Crippen molar-refractivity contribution in [3.05, 3.63) is 65.5 Å². The minimum Gasteiger partial charge on any atom is -0.478 e. The minimum atomic E-state index is -0.987. The van der Waals surface area contributed by atoms with Crippen LogP contribution in [0.5, 0.6) is 0 Å². The molecule has 0 unspecified atom stereocenters. The van der Waals surface area contributed by atoms with E-state index in [1.54, 1.807) is 12.1 Å². The highest BCUT2D eigenvalue weighted by molar-refractivity contribution is 6.00. The van der Waals surface area contributed by atoms with E-state index in [1.807, 2.05) is 30.3 Å². The maximum absolute atomic E-state index is 11.1. The monoisotopic (exact) mass is 267 g/mol. The lowest BCUT2D eigenvalue weighted by Gasteiger charge is -1.96.